The summed E-state index contributed by atoms with van der Waals surface area (Å²) in [5.74, 6) is 4.04. The van der Waals surface area contributed by atoms with Crippen LogP contribution in [0.4, 0.5) is 0 Å². The van der Waals surface area contributed by atoms with Crippen LogP contribution in [-0.2, 0) is 5.41 Å². The molecule has 1 saturated carbocycles. The van der Waals surface area contributed by atoms with Gasteiger partial charge in [-0.2, -0.15) is 11.8 Å². The maximum absolute atomic E-state index is 6.23. The maximum Gasteiger partial charge on any atom is 0.161 e. The number of hydrogen-bond donors (Lipinski definition) is 1. The number of thioether (sulfide) groups is 1. The van der Waals surface area contributed by atoms with Gasteiger partial charge in [0.15, 0.2) is 11.5 Å². The normalized spacial score (nSPS) is 25.2. The first kappa shape index (κ1) is 15.0. The van der Waals surface area contributed by atoms with Gasteiger partial charge in [-0.05, 0) is 56.1 Å². The summed E-state index contributed by atoms with van der Waals surface area (Å²) in [5, 5.41) is 0. The van der Waals surface area contributed by atoms with Crippen LogP contribution in [0.3, 0.4) is 0 Å². The summed E-state index contributed by atoms with van der Waals surface area (Å²) in [4.78, 5) is 0. The number of rotatable bonds is 5. The van der Waals surface area contributed by atoms with Gasteiger partial charge in [0, 0.05) is 17.2 Å². The van der Waals surface area contributed by atoms with Crippen LogP contribution in [0.5, 0.6) is 11.5 Å². The average molecular weight is 307 g/mol. The Balaban J connectivity index is 1.83. The Morgan fingerprint density at radius 1 is 1.33 bits per heavy atom. The van der Waals surface area contributed by atoms with E-state index < -0.39 is 0 Å². The van der Waals surface area contributed by atoms with E-state index in [0.717, 1.165) is 23.7 Å². The van der Waals surface area contributed by atoms with Gasteiger partial charge >= 0.3 is 0 Å². The molecule has 1 saturated heterocycles. The fourth-order valence-corrected chi connectivity index (χ4v) is 4.24. The number of hydrogen-bond acceptors (Lipinski definition) is 4. The van der Waals surface area contributed by atoms with Crippen molar-refractivity contribution in [2.24, 2.45) is 5.73 Å². The van der Waals surface area contributed by atoms with Crippen molar-refractivity contribution in [2.75, 3.05) is 18.6 Å². The monoisotopic (exact) mass is 307 g/mol. The Kier molecular flexibility index (Phi) is 4.36. The van der Waals surface area contributed by atoms with E-state index in [1.54, 1.807) is 7.11 Å². The number of nitrogens with two attached hydrogens (primary N) is 1. The Morgan fingerprint density at radius 3 is 2.71 bits per heavy atom. The van der Waals surface area contributed by atoms with Gasteiger partial charge in [-0.25, -0.2) is 0 Å². The Morgan fingerprint density at radius 2 is 2.14 bits per heavy atom. The summed E-state index contributed by atoms with van der Waals surface area (Å²) in [6.07, 6.45) is 5.03. The molecule has 0 bridgehead atoms. The molecule has 4 heteroatoms. The Hall–Kier alpha value is -0.870. The average Bonchev–Trinajstić information content (AvgIpc) is 3.30. The quantitative estimate of drug-likeness (QED) is 0.906. The molecule has 2 atom stereocenters. The highest BCUT2D eigenvalue weighted by atomic mass is 32.2. The lowest BCUT2D eigenvalue weighted by atomic mass is 9.89. The van der Waals surface area contributed by atoms with E-state index in [1.165, 1.54) is 30.6 Å². The minimum absolute atomic E-state index is 0.158. The van der Waals surface area contributed by atoms with Crippen LogP contribution in [0.25, 0.3) is 0 Å². The van der Waals surface area contributed by atoms with Gasteiger partial charge in [0.25, 0.3) is 0 Å². The lowest BCUT2D eigenvalue weighted by Crippen LogP contribution is -2.31. The zero-order chi connectivity index (χ0) is 14.9. The molecule has 1 aromatic carbocycles. The summed E-state index contributed by atoms with van der Waals surface area (Å²) in [7, 11) is 1.70. The molecule has 2 unspecified atom stereocenters. The topological polar surface area (TPSA) is 44.5 Å². The summed E-state index contributed by atoms with van der Waals surface area (Å²) in [6, 6.07) is 6.53. The standard InChI is InChI=1S/C17H25NO2S/c1-12(18)17(7-8-17)13-5-6-15(19-2)16(10-13)20-14-4-3-9-21-11-14/h5-6,10,12,14H,3-4,7-9,11,18H2,1-2H3. The van der Waals surface area contributed by atoms with E-state index in [2.05, 4.69) is 19.1 Å². The van der Waals surface area contributed by atoms with Crippen molar-refractivity contribution in [1.82, 2.24) is 0 Å². The fraction of sp³-hybridized carbons (Fsp3) is 0.647. The molecule has 1 aliphatic heterocycles. The van der Waals surface area contributed by atoms with Gasteiger partial charge in [-0.1, -0.05) is 6.07 Å². The second-order valence-electron chi connectivity index (χ2n) is 6.27. The minimum atomic E-state index is 0.158. The Bertz CT molecular complexity index is 494. The van der Waals surface area contributed by atoms with Crippen LogP contribution in [0, 0.1) is 0 Å². The highest BCUT2D eigenvalue weighted by molar-refractivity contribution is 7.99. The van der Waals surface area contributed by atoms with Crippen molar-refractivity contribution in [2.45, 2.75) is 50.2 Å². The smallest absolute Gasteiger partial charge is 0.161 e. The highest BCUT2D eigenvalue weighted by Crippen LogP contribution is 2.51. The molecular weight excluding hydrogens is 282 g/mol. The van der Waals surface area contributed by atoms with Crippen molar-refractivity contribution in [3.8, 4) is 11.5 Å². The summed E-state index contributed by atoms with van der Waals surface area (Å²) < 4.78 is 11.7. The first-order chi connectivity index (χ1) is 10.2. The van der Waals surface area contributed by atoms with E-state index in [1.807, 2.05) is 17.8 Å². The van der Waals surface area contributed by atoms with E-state index >= 15 is 0 Å². The van der Waals surface area contributed by atoms with E-state index in [0.29, 0.717) is 6.10 Å². The summed E-state index contributed by atoms with van der Waals surface area (Å²) in [6.45, 7) is 2.11. The van der Waals surface area contributed by atoms with Gasteiger partial charge in [-0.15, -0.1) is 0 Å². The van der Waals surface area contributed by atoms with Crippen molar-refractivity contribution in [3.05, 3.63) is 23.8 Å². The molecule has 2 N–H and O–H groups in total. The molecule has 0 amide bonds. The zero-order valence-corrected chi connectivity index (χ0v) is 13.7. The first-order valence-corrected chi connectivity index (χ1v) is 9.00. The number of methoxy groups -OCH3 is 1. The van der Waals surface area contributed by atoms with Gasteiger partial charge in [0.1, 0.15) is 6.10 Å². The van der Waals surface area contributed by atoms with E-state index in [4.69, 9.17) is 15.2 Å². The predicted octanol–water partition coefficient (Wildman–Crippen LogP) is 3.35. The second kappa shape index (κ2) is 6.09. The lowest BCUT2D eigenvalue weighted by Gasteiger charge is -2.26. The van der Waals surface area contributed by atoms with Crippen LogP contribution < -0.4 is 15.2 Å². The van der Waals surface area contributed by atoms with Gasteiger partial charge < -0.3 is 15.2 Å². The van der Waals surface area contributed by atoms with Crippen LogP contribution in [0.2, 0.25) is 0 Å². The van der Waals surface area contributed by atoms with Crippen LogP contribution >= 0.6 is 11.8 Å². The largest absolute Gasteiger partial charge is 0.493 e. The van der Waals surface area contributed by atoms with Crippen molar-refractivity contribution in [1.29, 1.82) is 0 Å². The number of benzene rings is 1. The molecular formula is C17H25NO2S. The third kappa shape index (κ3) is 3.02. The molecule has 3 nitrogen and oxygen atoms in total. The molecule has 116 valence electrons. The molecule has 0 radical (unpaired) electrons. The molecule has 1 aromatic rings. The van der Waals surface area contributed by atoms with Gasteiger partial charge in [0.05, 0.1) is 7.11 Å². The van der Waals surface area contributed by atoms with Crippen LogP contribution in [0.15, 0.2) is 18.2 Å². The molecule has 21 heavy (non-hydrogen) atoms. The lowest BCUT2D eigenvalue weighted by molar-refractivity contribution is 0.202. The summed E-state index contributed by atoms with van der Waals surface area (Å²) in [5.41, 5.74) is 7.66. The second-order valence-corrected chi connectivity index (χ2v) is 7.42. The minimum Gasteiger partial charge on any atom is -0.493 e. The molecule has 0 spiro atoms. The van der Waals surface area contributed by atoms with Crippen molar-refractivity contribution < 1.29 is 9.47 Å². The summed E-state index contributed by atoms with van der Waals surface area (Å²) >= 11 is 1.98. The van der Waals surface area contributed by atoms with Gasteiger partial charge in [0.2, 0.25) is 0 Å². The highest BCUT2D eigenvalue weighted by Gasteiger charge is 2.47. The molecule has 1 aliphatic carbocycles. The fourth-order valence-electron chi connectivity index (χ4n) is 3.20. The van der Waals surface area contributed by atoms with Crippen molar-refractivity contribution in [3.63, 3.8) is 0 Å². The van der Waals surface area contributed by atoms with E-state index in [-0.39, 0.29) is 11.5 Å². The molecule has 0 aromatic heterocycles. The molecule has 3 rings (SSSR count). The van der Waals surface area contributed by atoms with Crippen LogP contribution in [0.1, 0.15) is 38.2 Å². The zero-order valence-electron chi connectivity index (χ0n) is 12.9. The maximum atomic E-state index is 6.23. The molecule has 2 fully saturated rings. The molecule has 2 aliphatic rings. The molecule has 1 heterocycles. The third-order valence-corrected chi connectivity index (χ3v) is 6.00. The predicted molar refractivity (Wildman–Crippen MR) is 88.5 cm³/mol. The van der Waals surface area contributed by atoms with Crippen molar-refractivity contribution >= 4 is 11.8 Å². The van der Waals surface area contributed by atoms with Crippen LogP contribution in [-0.4, -0.2) is 30.8 Å². The number of ether oxygens (including phenoxy) is 2. The van der Waals surface area contributed by atoms with Gasteiger partial charge in [-0.3, -0.25) is 0 Å². The first-order valence-electron chi connectivity index (χ1n) is 7.84. The third-order valence-electron chi connectivity index (χ3n) is 4.81. The van der Waals surface area contributed by atoms with E-state index in [9.17, 15) is 0 Å². The SMILES string of the molecule is COc1ccc(C2(C(C)N)CC2)cc1OC1CCCSC1. The Labute approximate surface area is 131 Å².